The van der Waals surface area contributed by atoms with Gasteiger partial charge in [0.05, 0.1) is 11.3 Å². The van der Waals surface area contributed by atoms with Crippen molar-refractivity contribution >= 4 is 28.8 Å². The standard InChI is InChI=1S/C18H19F3N2O3S/c19-18(20,21)13-4-1-12(2-5-13)3-6-15(24)22-9-7-14(8-10-22)23-16(25)11-27-17(23)26/h1-2,4-5,14H,3,6-11H2. The lowest BCUT2D eigenvalue weighted by molar-refractivity contribution is -0.138. The Balaban J connectivity index is 1.47. The second-order valence-corrected chi connectivity index (χ2v) is 7.55. The van der Waals surface area contributed by atoms with Crippen molar-refractivity contribution in [2.75, 3.05) is 18.8 Å². The molecule has 0 N–H and O–H groups in total. The zero-order valence-electron chi connectivity index (χ0n) is 14.5. The van der Waals surface area contributed by atoms with E-state index in [-0.39, 0.29) is 35.3 Å². The van der Waals surface area contributed by atoms with Crippen LogP contribution in [-0.4, -0.2) is 51.7 Å². The number of hydrogen-bond donors (Lipinski definition) is 0. The Morgan fingerprint density at radius 3 is 2.26 bits per heavy atom. The van der Waals surface area contributed by atoms with Crippen LogP contribution in [0, 0.1) is 0 Å². The molecule has 9 heteroatoms. The number of piperidine rings is 1. The van der Waals surface area contributed by atoms with Gasteiger partial charge in [0, 0.05) is 25.6 Å². The molecule has 3 rings (SSSR count). The Bertz CT molecular complexity index is 712. The highest BCUT2D eigenvalue weighted by molar-refractivity contribution is 8.14. The number of hydrogen-bond acceptors (Lipinski definition) is 4. The number of halogens is 3. The van der Waals surface area contributed by atoms with Gasteiger partial charge in [-0.05, 0) is 37.0 Å². The maximum Gasteiger partial charge on any atom is 0.416 e. The van der Waals surface area contributed by atoms with E-state index < -0.39 is 11.7 Å². The lowest BCUT2D eigenvalue weighted by atomic mass is 10.0. The summed E-state index contributed by atoms with van der Waals surface area (Å²) in [6.45, 7) is 0.941. The van der Waals surface area contributed by atoms with Gasteiger partial charge in [-0.25, -0.2) is 0 Å². The van der Waals surface area contributed by atoms with Crippen LogP contribution < -0.4 is 0 Å². The molecule has 0 saturated carbocycles. The third-order valence-electron chi connectivity index (χ3n) is 4.88. The zero-order valence-corrected chi connectivity index (χ0v) is 15.3. The molecular weight excluding hydrogens is 381 g/mol. The molecule has 0 spiro atoms. The first-order valence-corrected chi connectivity index (χ1v) is 9.67. The van der Waals surface area contributed by atoms with E-state index in [1.165, 1.54) is 17.0 Å². The van der Waals surface area contributed by atoms with Crippen LogP contribution in [0.5, 0.6) is 0 Å². The number of alkyl halides is 3. The maximum absolute atomic E-state index is 12.6. The summed E-state index contributed by atoms with van der Waals surface area (Å²) in [5.41, 5.74) is -0.0275. The van der Waals surface area contributed by atoms with Gasteiger partial charge < -0.3 is 4.90 Å². The van der Waals surface area contributed by atoms with Crippen LogP contribution in [-0.2, 0) is 22.2 Å². The van der Waals surface area contributed by atoms with Crippen LogP contribution >= 0.6 is 11.8 Å². The van der Waals surface area contributed by atoms with E-state index in [1.54, 1.807) is 4.90 Å². The highest BCUT2D eigenvalue weighted by Crippen LogP contribution is 2.29. The molecule has 1 aromatic carbocycles. The van der Waals surface area contributed by atoms with E-state index in [2.05, 4.69) is 0 Å². The van der Waals surface area contributed by atoms with Gasteiger partial charge >= 0.3 is 6.18 Å². The highest BCUT2D eigenvalue weighted by atomic mass is 32.2. The van der Waals surface area contributed by atoms with Gasteiger partial charge in [0.2, 0.25) is 11.8 Å². The van der Waals surface area contributed by atoms with Crippen molar-refractivity contribution in [2.45, 2.75) is 37.9 Å². The summed E-state index contributed by atoms with van der Waals surface area (Å²) in [5.74, 6) is -0.0515. The van der Waals surface area contributed by atoms with Gasteiger partial charge in [0.25, 0.3) is 5.24 Å². The average Bonchev–Trinajstić information content (AvgIpc) is 2.98. The number of carbonyl (C=O) groups is 3. The molecule has 0 aliphatic carbocycles. The van der Waals surface area contributed by atoms with Crippen molar-refractivity contribution < 1.29 is 27.6 Å². The molecule has 0 atom stereocenters. The molecule has 0 radical (unpaired) electrons. The molecule has 2 fully saturated rings. The van der Waals surface area contributed by atoms with Crippen molar-refractivity contribution in [3.05, 3.63) is 35.4 Å². The highest BCUT2D eigenvalue weighted by Gasteiger charge is 2.37. The van der Waals surface area contributed by atoms with Gasteiger partial charge in [-0.3, -0.25) is 19.3 Å². The number of rotatable bonds is 4. The SMILES string of the molecule is O=C(CCc1ccc(C(F)(F)F)cc1)N1CCC(N2C(=O)CSC2=O)CC1. The quantitative estimate of drug-likeness (QED) is 0.778. The number of likely N-dealkylation sites (tertiary alicyclic amines) is 1. The van der Waals surface area contributed by atoms with Crippen LogP contribution in [0.2, 0.25) is 0 Å². The Hall–Kier alpha value is -2.03. The minimum absolute atomic E-state index is 0.0678. The predicted molar refractivity (Wildman–Crippen MR) is 94.1 cm³/mol. The Morgan fingerprint density at radius 1 is 1.11 bits per heavy atom. The monoisotopic (exact) mass is 400 g/mol. The molecule has 0 unspecified atom stereocenters. The molecule has 146 valence electrons. The van der Waals surface area contributed by atoms with E-state index in [4.69, 9.17) is 0 Å². The van der Waals surface area contributed by atoms with Crippen LogP contribution in [0.25, 0.3) is 0 Å². The van der Waals surface area contributed by atoms with Gasteiger partial charge in [-0.1, -0.05) is 23.9 Å². The third-order valence-corrected chi connectivity index (χ3v) is 5.71. The number of amides is 3. The number of imide groups is 1. The van der Waals surface area contributed by atoms with E-state index in [1.807, 2.05) is 0 Å². The summed E-state index contributed by atoms with van der Waals surface area (Å²) in [7, 11) is 0. The second kappa shape index (κ2) is 7.92. The van der Waals surface area contributed by atoms with Crippen LogP contribution in [0.15, 0.2) is 24.3 Å². The lowest BCUT2D eigenvalue weighted by Gasteiger charge is -2.35. The summed E-state index contributed by atoms with van der Waals surface area (Å²) in [5, 5.41) is -0.216. The van der Waals surface area contributed by atoms with E-state index in [0.29, 0.717) is 37.9 Å². The molecule has 2 aliphatic heterocycles. The summed E-state index contributed by atoms with van der Waals surface area (Å²) < 4.78 is 37.7. The van der Waals surface area contributed by atoms with Crippen molar-refractivity contribution in [1.29, 1.82) is 0 Å². The molecule has 2 heterocycles. The van der Waals surface area contributed by atoms with E-state index >= 15 is 0 Å². The molecule has 0 bridgehead atoms. The van der Waals surface area contributed by atoms with Gasteiger partial charge in [-0.2, -0.15) is 13.2 Å². The first kappa shape index (κ1) is 19.7. The fourth-order valence-electron chi connectivity index (χ4n) is 3.36. The van der Waals surface area contributed by atoms with Crippen molar-refractivity contribution in [3.8, 4) is 0 Å². The zero-order chi connectivity index (χ0) is 19.6. The fraction of sp³-hybridized carbons (Fsp3) is 0.500. The Kier molecular flexibility index (Phi) is 5.78. The number of aryl methyl sites for hydroxylation is 1. The minimum Gasteiger partial charge on any atom is -0.343 e. The largest absolute Gasteiger partial charge is 0.416 e. The fourth-order valence-corrected chi connectivity index (χ4v) is 4.14. The third kappa shape index (κ3) is 4.63. The first-order valence-electron chi connectivity index (χ1n) is 8.68. The molecule has 3 amide bonds. The molecule has 2 aliphatic rings. The first-order chi connectivity index (χ1) is 12.8. The number of benzene rings is 1. The molecule has 2 saturated heterocycles. The minimum atomic E-state index is -4.37. The second-order valence-electron chi connectivity index (χ2n) is 6.62. The van der Waals surface area contributed by atoms with Gasteiger partial charge in [0.15, 0.2) is 0 Å². The molecule has 27 heavy (non-hydrogen) atoms. The van der Waals surface area contributed by atoms with Crippen molar-refractivity contribution in [1.82, 2.24) is 9.80 Å². The molecule has 0 aromatic heterocycles. The predicted octanol–water partition coefficient (Wildman–Crippen LogP) is 3.32. The maximum atomic E-state index is 12.6. The van der Waals surface area contributed by atoms with Gasteiger partial charge in [0.1, 0.15) is 0 Å². The summed E-state index contributed by atoms with van der Waals surface area (Å²) in [4.78, 5) is 38.9. The smallest absolute Gasteiger partial charge is 0.343 e. The molecule has 5 nitrogen and oxygen atoms in total. The lowest BCUT2D eigenvalue weighted by Crippen LogP contribution is -2.48. The van der Waals surface area contributed by atoms with E-state index in [0.717, 1.165) is 23.9 Å². The van der Waals surface area contributed by atoms with Crippen molar-refractivity contribution in [2.24, 2.45) is 0 Å². The topological polar surface area (TPSA) is 57.7 Å². The number of carbonyl (C=O) groups excluding carboxylic acids is 3. The summed E-state index contributed by atoms with van der Waals surface area (Å²) in [6.07, 6.45) is -2.66. The van der Waals surface area contributed by atoms with Gasteiger partial charge in [-0.15, -0.1) is 0 Å². The molecule has 1 aromatic rings. The Labute approximate surface area is 158 Å². The van der Waals surface area contributed by atoms with Crippen molar-refractivity contribution in [3.63, 3.8) is 0 Å². The summed E-state index contributed by atoms with van der Waals surface area (Å²) >= 11 is 1.01. The van der Waals surface area contributed by atoms with E-state index in [9.17, 15) is 27.6 Å². The number of thioether (sulfide) groups is 1. The van der Waals surface area contributed by atoms with Crippen LogP contribution in [0.4, 0.5) is 18.0 Å². The average molecular weight is 400 g/mol. The van der Waals surface area contributed by atoms with Crippen LogP contribution in [0.3, 0.4) is 0 Å². The molecular formula is C18H19F3N2O3S. The number of nitrogens with zero attached hydrogens (tertiary/aromatic N) is 2. The Morgan fingerprint density at radius 2 is 1.74 bits per heavy atom. The normalized spacial score (nSPS) is 19.1. The van der Waals surface area contributed by atoms with Crippen LogP contribution in [0.1, 0.15) is 30.4 Å². The summed E-state index contributed by atoms with van der Waals surface area (Å²) in [6, 6.07) is 4.68.